The van der Waals surface area contributed by atoms with Gasteiger partial charge in [-0.05, 0) is 30.7 Å². The molecule has 0 bridgehead atoms. The van der Waals surface area contributed by atoms with Crippen LogP contribution in [0.2, 0.25) is 0 Å². The van der Waals surface area contributed by atoms with Crippen LogP contribution in [-0.4, -0.2) is 0 Å². The van der Waals surface area contributed by atoms with Crippen LogP contribution in [0.5, 0.6) is 0 Å². The summed E-state index contributed by atoms with van der Waals surface area (Å²) in [5.74, 6) is 5.83. The molecule has 2 N–H and O–H groups in total. The average Bonchev–Trinajstić information content (AvgIpc) is 2.18. The maximum atomic E-state index is 6.00. The Morgan fingerprint density at radius 3 is 2.79 bits per heavy atom. The van der Waals surface area contributed by atoms with Crippen molar-refractivity contribution >= 4 is 31.9 Å². The quantitative estimate of drug-likeness (QED) is 0.828. The fourth-order valence-corrected chi connectivity index (χ4v) is 2.04. The molecule has 3 heteroatoms. The molecule has 1 atom stereocenters. The number of rotatable bonds is 2. The molecule has 0 spiro atoms. The summed E-state index contributed by atoms with van der Waals surface area (Å²) < 4.78 is 2.07. The highest BCUT2D eigenvalue weighted by atomic mass is 79.9. The van der Waals surface area contributed by atoms with Crippen molar-refractivity contribution in [2.45, 2.75) is 19.4 Å². The Hall–Kier alpha value is -0.300. The van der Waals surface area contributed by atoms with Crippen molar-refractivity contribution in [2.75, 3.05) is 0 Å². The third kappa shape index (κ3) is 3.13. The summed E-state index contributed by atoms with van der Waals surface area (Å²) in [6.45, 7) is 1.82. The minimum Gasteiger partial charge on any atom is -0.323 e. The van der Waals surface area contributed by atoms with Crippen LogP contribution in [0.15, 0.2) is 27.1 Å². The highest BCUT2D eigenvalue weighted by Gasteiger charge is 2.08. The SMILES string of the molecule is CC#CCC(N)c1cc(Br)ccc1Br. The van der Waals surface area contributed by atoms with Crippen LogP contribution in [0.1, 0.15) is 24.9 Å². The van der Waals surface area contributed by atoms with E-state index < -0.39 is 0 Å². The molecule has 0 radical (unpaired) electrons. The molecule has 1 aromatic rings. The first-order valence-corrected chi connectivity index (χ1v) is 5.84. The van der Waals surface area contributed by atoms with Gasteiger partial charge in [0.2, 0.25) is 0 Å². The standard InChI is InChI=1S/C11H11Br2N/c1-2-3-4-11(14)9-7-8(12)5-6-10(9)13/h5-7,11H,4,14H2,1H3. The van der Waals surface area contributed by atoms with Gasteiger partial charge >= 0.3 is 0 Å². The summed E-state index contributed by atoms with van der Waals surface area (Å²) in [5, 5.41) is 0. The normalized spacial score (nSPS) is 11.7. The van der Waals surface area contributed by atoms with Gasteiger partial charge in [0.15, 0.2) is 0 Å². The van der Waals surface area contributed by atoms with Crippen LogP contribution in [0.4, 0.5) is 0 Å². The molecule has 1 nitrogen and oxygen atoms in total. The summed E-state index contributed by atoms with van der Waals surface area (Å²) in [7, 11) is 0. The third-order valence-electron chi connectivity index (χ3n) is 1.86. The van der Waals surface area contributed by atoms with E-state index in [1.165, 1.54) is 0 Å². The van der Waals surface area contributed by atoms with Gasteiger partial charge in [0.1, 0.15) is 0 Å². The molecule has 0 aliphatic heterocycles. The lowest BCUT2D eigenvalue weighted by atomic mass is 10.1. The molecule has 0 saturated heterocycles. The van der Waals surface area contributed by atoms with Gasteiger partial charge < -0.3 is 5.73 Å². The van der Waals surface area contributed by atoms with Crippen LogP contribution >= 0.6 is 31.9 Å². The van der Waals surface area contributed by atoms with E-state index in [0.717, 1.165) is 14.5 Å². The van der Waals surface area contributed by atoms with E-state index >= 15 is 0 Å². The minimum absolute atomic E-state index is 0.0330. The molecular formula is C11H11Br2N. The molecule has 0 fully saturated rings. The van der Waals surface area contributed by atoms with Crippen LogP contribution in [0.25, 0.3) is 0 Å². The second-order valence-corrected chi connectivity index (χ2v) is 4.67. The van der Waals surface area contributed by atoms with E-state index in [-0.39, 0.29) is 6.04 Å². The highest BCUT2D eigenvalue weighted by molar-refractivity contribution is 9.11. The molecule has 0 heterocycles. The Morgan fingerprint density at radius 2 is 2.14 bits per heavy atom. The Morgan fingerprint density at radius 1 is 1.43 bits per heavy atom. The Balaban J connectivity index is 2.91. The lowest BCUT2D eigenvalue weighted by Crippen LogP contribution is -2.09. The lowest BCUT2D eigenvalue weighted by molar-refractivity contribution is 0.749. The second-order valence-electron chi connectivity index (χ2n) is 2.90. The second kappa shape index (κ2) is 5.55. The number of benzene rings is 1. The zero-order chi connectivity index (χ0) is 10.6. The van der Waals surface area contributed by atoms with Gasteiger partial charge in [0.05, 0.1) is 0 Å². The summed E-state index contributed by atoms with van der Waals surface area (Å²) in [5.41, 5.74) is 7.08. The van der Waals surface area contributed by atoms with Crippen molar-refractivity contribution in [1.82, 2.24) is 0 Å². The molecule has 0 amide bonds. The molecule has 0 saturated carbocycles. The molecule has 74 valence electrons. The first-order chi connectivity index (χ1) is 6.65. The van der Waals surface area contributed by atoms with E-state index in [4.69, 9.17) is 5.73 Å². The van der Waals surface area contributed by atoms with E-state index in [0.29, 0.717) is 6.42 Å². The number of hydrogen-bond acceptors (Lipinski definition) is 1. The van der Waals surface area contributed by atoms with Crippen molar-refractivity contribution in [2.24, 2.45) is 5.73 Å². The summed E-state index contributed by atoms with van der Waals surface area (Å²) >= 11 is 6.89. The largest absolute Gasteiger partial charge is 0.323 e. The zero-order valence-electron chi connectivity index (χ0n) is 7.85. The molecular weight excluding hydrogens is 306 g/mol. The van der Waals surface area contributed by atoms with E-state index in [9.17, 15) is 0 Å². The van der Waals surface area contributed by atoms with E-state index in [2.05, 4.69) is 43.7 Å². The molecule has 1 aromatic carbocycles. The van der Waals surface area contributed by atoms with E-state index in [1.54, 1.807) is 0 Å². The number of nitrogens with two attached hydrogens (primary N) is 1. The summed E-state index contributed by atoms with van der Waals surface area (Å²) in [6, 6.07) is 5.95. The molecule has 0 aliphatic carbocycles. The first kappa shape index (κ1) is 11.8. The Bertz CT molecular complexity index is 377. The Labute approximate surface area is 101 Å². The van der Waals surface area contributed by atoms with Crippen molar-refractivity contribution < 1.29 is 0 Å². The molecule has 1 unspecified atom stereocenters. The van der Waals surface area contributed by atoms with Crippen molar-refractivity contribution in [3.8, 4) is 11.8 Å². The predicted octanol–water partition coefficient (Wildman–Crippen LogP) is 3.62. The van der Waals surface area contributed by atoms with Crippen LogP contribution in [0, 0.1) is 11.8 Å². The number of halogens is 2. The van der Waals surface area contributed by atoms with Gasteiger partial charge in [-0.25, -0.2) is 0 Å². The van der Waals surface area contributed by atoms with Crippen molar-refractivity contribution in [3.05, 3.63) is 32.7 Å². The topological polar surface area (TPSA) is 26.0 Å². The van der Waals surface area contributed by atoms with Gasteiger partial charge in [0, 0.05) is 21.4 Å². The number of hydrogen-bond donors (Lipinski definition) is 1. The summed E-state index contributed by atoms with van der Waals surface area (Å²) in [4.78, 5) is 0. The molecule has 0 aliphatic rings. The van der Waals surface area contributed by atoms with Crippen LogP contribution < -0.4 is 5.73 Å². The monoisotopic (exact) mass is 315 g/mol. The fraction of sp³-hybridized carbons (Fsp3) is 0.273. The third-order valence-corrected chi connectivity index (χ3v) is 3.07. The van der Waals surface area contributed by atoms with Crippen molar-refractivity contribution in [1.29, 1.82) is 0 Å². The van der Waals surface area contributed by atoms with Gasteiger partial charge in [0.25, 0.3) is 0 Å². The Kier molecular flexibility index (Phi) is 4.67. The van der Waals surface area contributed by atoms with Gasteiger partial charge in [-0.2, -0.15) is 0 Å². The van der Waals surface area contributed by atoms with Gasteiger partial charge in [-0.3, -0.25) is 0 Å². The molecule has 0 aromatic heterocycles. The fourth-order valence-electron chi connectivity index (χ4n) is 1.12. The first-order valence-electron chi connectivity index (χ1n) is 4.25. The highest BCUT2D eigenvalue weighted by Crippen LogP contribution is 2.27. The maximum absolute atomic E-state index is 6.00. The maximum Gasteiger partial charge on any atom is 0.0417 e. The predicted molar refractivity (Wildman–Crippen MR) is 66.8 cm³/mol. The minimum atomic E-state index is -0.0330. The smallest absolute Gasteiger partial charge is 0.0417 e. The van der Waals surface area contributed by atoms with Crippen molar-refractivity contribution in [3.63, 3.8) is 0 Å². The van der Waals surface area contributed by atoms with Crippen LogP contribution in [-0.2, 0) is 0 Å². The van der Waals surface area contributed by atoms with Gasteiger partial charge in [-0.15, -0.1) is 11.8 Å². The average molecular weight is 317 g/mol. The molecule has 14 heavy (non-hydrogen) atoms. The van der Waals surface area contributed by atoms with Gasteiger partial charge in [-0.1, -0.05) is 31.9 Å². The lowest BCUT2D eigenvalue weighted by Gasteiger charge is -2.11. The summed E-state index contributed by atoms with van der Waals surface area (Å²) in [6.07, 6.45) is 0.686. The van der Waals surface area contributed by atoms with E-state index in [1.807, 2.05) is 25.1 Å². The molecule has 1 rings (SSSR count). The van der Waals surface area contributed by atoms with Crippen LogP contribution in [0.3, 0.4) is 0 Å². The zero-order valence-corrected chi connectivity index (χ0v) is 11.0.